The average molecular weight is 288 g/mol. The fourth-order valence-corrected chi connectivity index (χ4v) is 3.63. The molecule has 0 aromatic carbocycles. The molecule has 110 valence electrons. The highest BCUT2D eigenvalue weighted by atomic mass is 32.2. The van der Waals surface area contributed by atoms with E-state index >= 15 is 0 Å². The first-order valence-electron chi connectivity index (χ1n) is 6.80. The summed E-state index contributed by atoms with van der Waals surface area (Å²) in [6.45, 7) is 7.61. The van der Waals surface area contributed by atoms with Crippen LogP contribution in [0, 0.1) is 0 Å². The Labute approximate surface area is 115 Å². The van der Waals surface area contributed by atoms with E-state index in [4.69, 9.17) is 5.73 Å². The standard InChI is InChI=1S/C12H24N4O2S/c1-4-7-15-10-11(12(13)14-15)19(17,18)16(8-5-2)9-6-3/h10H,4-9H2,1-3H3,(H2,13,14). The SMILES string of the molecule is CCCN(CCC)S(=O)(=O)c1cn(CCC)nc1N. The summed E-state index contributed by atoms with van der Waals surface area (Å²) in [5.74, 6) is 0.0886. The Kier molecular flexibility index (Phi) is 5.81. The van der Waals surface area contributed by atoms with Crippen molar-refractivity contribution in [1.29, 1.82) is 0 Å². The van der Waals surface area contributed by atoms with Crippen molar-refractivity contribution in [3.05, 3.63) is 6.20 Å². The number of aromatic nitrogens is 2. The van der Waals surface area contributed by atoms with Gasteiger partial charge < -0.3 is 5.73 Å². The van der Waals surface area contributed by atoms with Crippen molar-refractivity contribution in [3.63, 3.8) is 0 Å². The van der Waals surface area contributed by atoms with Gasteiger partial charge in [0.2, 0.25) is 10.0 Å². The summed E-state index contributed by atoms with van der Waals surface area (Å²) in [5.41, 5.74) is 5.75. The van der Waals surface area contributed by atoms with Crippen molar-refractivity contribution in [2.75, 3.05) is 18.8 Å². The predicted molar refractivity (Wildman–Crippen MR) is 76.3 cm³/mol. The van der Waals surface area contributed by atoms with Crippen LogP contribution in [0.5, 0.6) is 0 Å². The molecule has 0 amide bonds. The van der Waals surface area contributed by atoms with Crippen LogP contribution in [0.25, 0.3) is 0 Å². The quantitative estimate of drug-likeness (QED) is 0.789. The van der Waals surface area contributed by atoms with E-state index in [0.717, 1.165) is 19.3 Å². The highest BCUT2D eigenvalue weighted by molar-refractivity contribution is 7.89. The summed E-state index contributed by atoms with van der Waals surface area (Å²) in [6, 6.07) is 0. The minimum Gasteiger partial charge on any atom is -0.381 e. The largest absolute Gasteiger partial charge is 0.381 e. The van der Waals surface area contributed by atoms with Crippen LogP contribution in [-0.2, 0) is 16.6 Å². The molecule has 0 spiro atoms. The lowest BCUT2D eigenvalue weighted by molar-refractivity contribution is 0.410. The molecule has 0 aliphatic heterocycles. The minimum absolute atomic E-state index is 0.0886. The first-order chi connectivity index (χ1) is 8.97. The zero-order valence-corrected chi connectivity index (χ0v) is 12.8. The van der Waals surface area contributed by atoms with Crippen LogP contribution in [-0.4, -0.2) is 35.6 Å². The lowest BCUT2D eigenvalue weighted by atomic mass is 10.4. The molecule has 0 fully saturated rings. The van der Waals surface area contributed by atoms with Crippen LogP contribution < -0.4 is 5.73 Å². The highest BCUT2D eigenvalue weighted by Gasteiger charge is 2.27. The molecule has 0 atom stereocenters. The summed E-state index contributed by atoms with van der Waals surface area (Å²) in [7, 11) is -3.53. The summed E-state index contributed by atoms with van der Waals surface area (Å²) in [5, 5.41) is 4.06. The van der Waals surface area contributed by atoms with Crippen molar-refractivity contribution in [2.45, 2.75) is 51.5 Å². The number of nitrogen functional groups attached to an aromatic ring is 1. The van der Waals surface area contributed by atoms with Gasteiger partial charge in [0.25, 0.3) is 0 Å². The Morgan fingerprint density at radius 3 is 2.26 bits per heavy atom. The summed E-state index contributed by atoms with van der Waals surface area (Å²) in [4.78, 5) is 0.128. The van der Waals surface area contributed by atoms with E-state index in [9.17, 15) is 8.42 Å². The first kappa shape index (κ1) is 16.0. The van der Waals surface area contributed by atoms with Gasteiger partial charge in [-0.2, -0.15) is 9.40 Å². The molecule has 7 heteroatoms. The van der Waals surface area contributed by atoms with E-state index in [2.05, 4.69) is 5.10 Å². The van der Waals surface area contributed by atoms with Crippen LogP contribution in [0.2, 0.25) is 0 Å². The van der Waals surface area contributed by atoms with Crippen LogP contribution in [0.3, 0.4) is 0 Å². The van der Waals surface area contributed by atoms with Gasteiger partial charge in [-0.05, 0) is 19.3 Å². The van der Waals surface area contributed by atoms with E-state index in [-0.39, 0.29) is 10.7 Å². The predicted octanol–water partition coefficient (Wildman–Crippen LogP) is 1.69. The number of hydrogen-bond acceptors (Lipinski definition) is 4. The van der Waals surface area contributed by atoms with Gasteiger partial charge in [-0.1, -0.05) is 20.8 Å². The van der Waals surface area contributed by atoms with Gasteiger partial charge in [-0.3, -0.25) is 4.68 Å². The number of sulfonamides is 1. The Morgan fingerprint density at radius 1 is 1.21 bits per heavy atom. The second-order valence-corrected chi connectivity index (χ2v) is 6.45. The minimum atomic E-state index is -3.53. The van der Waals surface area contributed by atoms with Crippen molar-refractivity contribution in [3.8, 4) is 0 Å². The van der Waals surface area contributed by atoms with Gasteiger partial charge in [0.1, 0.15) is 4.90 Å². The van der Waals surface area contributed by atoms with Crippen LogP contribution in [0.1, 0.15) is 40.0 Å². The third-order valence-corrected chi connectivity index (χ3v) is 4.69. The number of anilines is 1. The number of nitrogens with two attached hydrogens (primary N) is 1. The third-order valence-electron chi connectivity index (χ3n) is 2.77. The van der Waals surface area contributed by atoms with Crippen molar-refractivity contribution in [1.82, 2.24) is 14.1 Å². The fraction of sp³-hybridized carbons (Fsp3) is 0.750. The van der Waals surface area contributed by atoms with E-state index in [1.165, 1.54) is 10.5 Å². The Morgan fingerprint density at radius 2 is 1.79 bits per heavy atom. The molecule has 0 unspecified atom stereocenters. The van der Waals surface area contributed by atoms with E-state index in [0.29, 0.717) is 19.6 Å². The van der Waals surface area contributed by atoms with Crippen LogP contribution >= 0.6 is 0 Å². The second kappa shape index (κ2) is 6.91. The molecule has 1 rings (SSSR count). The Balaban J connectivity index is 3.09. The maximum absolute atomic E-state index is 12.5. The maximum Gasteiger partial charge on any atom is 0.248 e. The smallest absolute Gasteiger partial charge is 0.248 e. The van der Waals surface area contributed by atoms with E-state index in [1.54, 1.807) is 4.68 Å². The molecule has 0 bridgehead atoms. The van der Waals surface area contributed by atoms with Gasteiger partial charge >= 0.3 is 0 Å². The number of hydrogen-bond donors (Lipinski definition) is 1. The lowest BCUT2D eigenvalue weighted by Gasteiger charge is -2.20. The molecule has 1 aromatic heterocycles. The number of nitrogens with zero attached hydrogens (tertiary/aromatic N) is 3. The molecule has 19 heavy (non-hydrogen) atoms. The number of aryl methyl sites for hydroxylation is 1. The summed E-state index contributed by atoms with van der Waals surface area (Å²) in [6.07, 6.45) is 3.98. The van der Waals surface area contributed by atoms with Crippen molar-refractivity contribution in [2.24, 2.45) is 0 Å². The maximum atomic E-state index is 12.5. The van der Waals surface area contributed by atoms with E-state index < -0.39 is 10.0 Å². The highest BCUT2D eigenvalue weighted by Crippen LogP contribution is 2.21. The second-order valence-electron chi connectivity index (χ2n) is 4.55. The van der Waals surface area contributed by atoms with E-state index in [1.807, 2.05) is 20.8 Å². The Bertz CT molecular complexity index is 490. The molecule has 0 aliphatic rings. The molecule has 1 heterocycles. The zero-order valence-electron chi connectivity index (χ0n) is 12.0. The summed E-state index contributed by atoms with van der Waals surface area (Å²) < 4.78 is 28.2. The lowest BCUT2D eigenvalue weighted by Crippen LogP contribution is -2.32. The van der Waals surface area contributed by atoms with Crippen LogP contribution in [0.4, 0.5) is 5.82 Å². The third kappa shape index (κ3) is 3.70. The number of rotatable bonds is 8. The topological polar surface area (TPSA) is 81.2 Å². The van der Waals surface area contributed by atoms with Gasteiger partial charge in [-0.15, -0.1) is 0 Å². The molecular weight excluding hydrogens is 264 g/mol. The van der Waals surface area contributed by atoms with Gasteiger partial charge in [0.05, 0.1) is 0 Å². The fourth-order valence-electron chi connectivity index (χ4n) is 1.95. The zero-order chi connectivity index (χ0) is 14.5. The van der Waals surface area contributed by atoms with Gasteiger partial charge in [-0.25, -0.2) is 8.42 Å². The van der Waals surface area contributed by atoms with Gasteiger partial charge in [0.15, 0.2) is 5.82 Å². The van der Waals surface area contributed by atoms with Gasteiger partial charge in [0, 0.05) is 25.8 Å². The molecule has 0 aliphatic carbocycles. The molecule has 0 saturated carbocycles. The molecule has 2 N–H and O–H groups in total. The molecule has 0 radical (unpaired) electrons. The average Bonchev–Trinajstić information content (AvgIpc) is 2.71. The molecular formula is C12H24N4O2S. The van der Waals surface area contributed by atoms with Crippen molar-refractivity contribution < 1.29 is 8.42 Å². The molecule has 6 nitrogen and oxygen atoms in total. The monoisotopic (exact) mass is 288 g/mol. The molecule has 0 saturated heterocycles. The molecule has 1 aromatic rings. The normalized spacial score (nSPS) is 12.2. The Hall–Kier alpha value is -1.08. The summed E-state index contributed by atoms with van der Waals surface area (Å²) >= 11 is 0. The van der Waals surface area contributed by atoms with Crippen LogP contribution in [0.15, 0.2) is 11.1 Å². The first-order valence-corrected chi connectivity index (χ1v) is 8.24. The van der Waals surface area contributed by atoms with Crippen molar-refractivity contribution >= 4 is 15.8 Å².